The lowest BCUT2D eigenvalue weighted by Gasteiger charge is -2.12. The van der Waals surface area contributed by atoms with Crippen LogP contribution in [-0.2, 0) is 6.54 Å². The zero-order valence-corrected chi connectivity index (χ0v) is 10.7. The van der Waals surface area contributed by atoms with Crippen LogP contribution in [0.1, 0.15) is 18.9 Å². The summed E-state index contributed by atoms with van der Waals surface area (Å²) >= 11 is 0. The highest BCUT2D eigenvalue weighted by Crippen LogP contribution is 2.24. The number of hydrogen-bond donors (Lipinski definition) is 1. The van der Waals surface area contributed by atoms with Gasteiger partial charge >= 0.3 is 0 Å². The van der Waals surface area contributed by atoms with Crippen molar-refractivity contribution >= 4 is 5.69 Å². The lowest BCUT2D eigenvalue weighted by molar-refractivity contribution is 0.319. The van der Waals surface area contributed by atoms with Crippen LogP contribution in [0.25, 0.3) is 0 Å². The third-order valence-electron chi connectivity index (χ3n) is 2.67. The number of nitrogens with one attached hydrogen (secondary N) is 1. The molecule has 0 unspecified atom stereocenters. The van der Waals surface area contributed by atoms with Crippen molar-refractivity contribution in [1.29, 1.82) is 0 Å². The third kappa shape index (κ3) is 3.52. The smallest absolute Gasteiger partial charge is 0.142 e. The van der Waals surface area contributed by atoms with Crippen molar-refractivity contribution in [2.75, 3.05) is 11.9 Å². The Morgan fingerprint density at radius 1 is 0.944 bits per heavy atom. The van der Waals surface area contributed by atoms with Crippen molar-refractivity contribution < 1.29 is 4.74 Å². The van der Waals surface area contributed by atoms with Crippen molar-refractivity contribution in [2.24, 2.45) is 0 Å². The molecule has 2 aromatic carbocycles. The molecule has 0 aliphatic rings. The van der Waals surface area contributed by atoms with Gasteiger partial charge in [-0.15, -0.1) is 0 Å². The molecule has 0 aromatic heterocycles. The predicted molar refractivity (Wildman–Crippen MR) is 76.0 cm³/mol. The molecule has 0 spiro atoms. The van der Waals surface area contributed by atoms with E-state index in [4.69, 9.17) is 4.74 Å². The highest BCUT2D eigenvalue weighted by atomic mass is 16.5. The van der Waals surface area contributed by atoms with Crippen LogP contribution in [0.4, 0.5) is 5.69 Å². The normalized spacial score (nSPS) is 10.1. The maximum Gasteiger partial charge on any atom is 0.142 e. The second kappa shape index (κ2) is 6.70. The Morgan fingerprint density at radius 3 is 2.44 bits per heavy atom. The summed E-state index contributed by atoms with van der Waals surface area (Å²) in [6.07, 6.45) is 1.02. The van der Waals surface area contributed by atoms with Crippen molar-refractivity contribution in [3.63, 3.8) is 0 Å². The van der Waals surface area contributed by atoms with Crippen molar-refractivity contribution in [1.82, 2.24) is 0 Å². The molecular formula is C16H19NO. The molecule has 0 amide bonds. The molecule has 0 aliphatic heterocycles. The predicted octanol–water partition coefficient (Wildman–Crippen LogP) is 4.09. The van der Waals surface area contributed by atoms with Crippen molar-refractivity contribution in [3.8, 4) is 5.75 Å². The van der Waals surface area contributed by atoms with Crippen LogP contribution in [0, 0.1) is 0 Å². The van der Waals surface area contributed by atoms with Gasteiger partial charge in [-0.25, -0.2) is 0 Å². The number of anilines is 1. The quantitative estimate of drug-likeness (QED) is 0.822. The van der Waals surface area contributed by atoms with E-state index in [1.54, 1.807) is 0 Å². The summed E-state index contributed by atoms with van der Waals surface area (Å²) in [4.78, 5) is 0. The van der Waals surface area contributed by atoms with Crippen molar-refractivity contribution in [3.05, 3.63) is 60.2 Å². The van der Waals surface area contributed by atoms with E-state index in [1.807, 2.05) is 30.3 Å². The van der Waals surface area contributed by atoms with Crippen LogP contribution in [0.2, 0.25) is 0 Å². The number of benzene rings is 2. The van der Waals surface area contributed by atoms with Crippen LogP contribution in [0.15, 0.2) is 54.6 Å². The number of para-hydroxylation sites is 2. The van der Waals surface area contributed by atoms with Crippen LogP contribution < -0.4 is 10.1 Å². The molecule has 18 heavy (non-hydrogen) atoms. The Labute approximate surface area is 109 Å². The number of rotatable bonds is 6. The number of ether oxygens (including phenoxy) is 1. The molecule has 0 aliphatic carbocycles. The fraction of sp³-hybridized carbons (Fsp3) is 0.250. The lowest BCUT2D eigenvalue weighted by Crippen LogP contribution is -2.03. The Kier molecular flexibility index (Phi) is 4.65. The summed E-state index contributed by atoms with van der Waals surface area (Å²) in [5.41, 5.74) is 2.32. The van der Waals surface area contributed by atoms with Gasteiger partial charge in [-0.2, -0.15) is 0 Å². The van der Waals surface area contributed by atoms with Crippen molar-refractivity contribution in [2.45, 2.75) is 19.9 Å². The zero-order chi connectivity index (χ0) is 12.6. The molecular weight excluding hydrogens is 222 g/mol. The highest BCUT2D eigenvalue weighted by molar-refractivity contribution is 5.56. The molecule has 1 N–H and O–H groups in total. The average Bonchev–Trinajstić information content (AvgIpc) is 2.45. The SMILES string of the molecule is CCCOc1ccccc1NCc1ccccc1. The van der Waals surface area contributed by atoms with Gasteiger partial charge in [-0.1, -0.05) is 49.4 Å². The van der Waals surface area contributed by atoms with E-state index in [1.165, 1.54) is 5.56 Å². The second-order valence-corrected chi connectivity index (χ2v) is 4.18. The average molecular weight is 241 g/mol. The first-order valence-corrected chi connectivity index (χ1v) is 6.40. The topological polar surface area (TPSA) is 21.3 Å². The van der Waals surface area contributed by atoms with E-state index in [9.17, 15) is 0 Å². The van der Waals surface area contributed by atoms with E-state index in [2.05, 4.69) is 36.5 Å². The summed E-state index contributed by atoms with van der Waals surface area (Å²) in [5.74, 6) is 0.926. The molecule has 2 rings (SSSR count). The van der Waals surface area contributed by atoms with E-state index in [0.717, 1.165) is 31.0 Å². The fourth-order valence-corrected chi connectivity index (χ4v) is 1.74. The van der Waals surface area contributed by atoms with Crippen LogP contribution in [-0.4, -0.2) is 6.61 Å². The van der Waals surface area contributed by atoms with Gasteiger partial charge in [0.25, 0.3) is 0 Å². The summed E-state index contributed by atoms with van der Waals surface area (Å²) in [7, 11) is 0. The number of hydrogen-bond acceptors (Lipinski definition) is 2. The van der Waals surface area contributed by atoms with Crippen LogP contribution in [0.3, 0.4) is 0 Å². The largest absolute Gasteiger partial charge is 0.491 e. The Bertz CT molecular complexity index is 468. The molecule has 0 fully saturated rings. The molecule has 0 heterocycles. The van der Waals surface area contributed by atoms with Gasteiger partial charge < -0.3 is 10.1 Å². The van der Waals surface area contributed by atoms with Gasteiger partial charge in [0.1, 0.15) is 5.75 Å². The summed E-state index contributed by atoms with van der Waals surface area (Å²) < 4.78 is 5.71. The van der Waals surface area contributed by atoms with Gasteiger partial charge in [0.2, 0.25) is 0 Å². The minimum absolute atomic E-state index is 0.754. The first kappa shape index (κ1) is 12.5. The third-order valence-corrected chi connectivity index (χ3v) is 2.67. The first-order chi connectivity index (χ1) is 8.90. The molecule has 2 nitrogen and oxygen atoms in total. The molecule has 0 bridgehead atoms. The molecule has 0 radical (unpaired) electrons. The second-order valence-electron chi connectivity index (χ2n) is 4.18. The van der Waals surface area contributed by atoms with E-state index in [0.29, 0.717) is 0 Å². The maximum atomic E-state index is 5.71. The molecule has 0 atom stereocenters. The highest BCUT2D eigenvalue weighted by Gasteiger charge is 2.01. The molecule has 0 saturated carbocycles. The Balaban J connectivity index is 2.00. The standard InChI is InChI=1S/C16H19NO/c1-2-12-18-16-11-7-6-10-15(16)17-13-14-8-4-3-5-9-14/h3-11,17H,2,12-13H2,1H3. The minimum atomic E-state index is 0.754. The summed E-state index contributed by atoms with van der Waals surface area (Å²) in [6, 6.07) is 18.4. The van der Waals surface area contributed by atoms with Gasteiger partial charge in [-0.3, -0.25) is 0 Å². The lowest BCUT2D eigenvalue weighted by atomic mass is 10.2. The van der Waals surface area contributed by atoms with Crippen LogP contribution >= 0.6 is 0 Å². The molecule has 94 valence electrons. The minimum Gasteiger partial charge on any atom is -0.491 e. The molecule has 0 saturated heterocycles. The summed E-state index contributed by atoms with van der Waals surface area (Å²) in [5, 5.41) is 3.41. The van der Waals surface area contributed by atoms with Gasteiger partial charge in [-0.05, 0) is 24.1 Å². The fourth-order valence-electron chi connectivity index (χ4n) is 1.74. The summed E-state index contributed by atoms with van der Waals surface area (Å²) in [6.45, 7) is 3.68. The van der Waals surface area contributed by atoms with E-state index >= 15 is 0 Å². The van der Waals surface area contributed by atoms with E-state index in [-0.39, 0.29) is 0 Å². The Morgan fingerprint density at radius 2 is 1.67 bits per heavy atom. The molecule has 2 heteroatoms. The maximum absolute atomic E-state index is 5.71. The van der Waals surface area contributed by atoms with Gasteiger partial charge in [0.15, 0.2) is 0 Å². The van der Waals surface area contributed by atoms with E-state index < -0.39 is 0 Å². The molecule has 2 aromatic rings. The Hall–Kier alpha value is -1.96. The first-order valence-electron chi connectivity index (χ1n) is 6.40. The van der Waals surface area contributed by atoms with Crippen LogP contribution in [0.5, 0.6) is 5.75 Å². The monoisotopic (exact) mass is 241 g/mol. The van der Waals surface area contributed by atoms with Gasteiger partial charge in [0, 0.05) is 6.54 Å². The van der Waals surface area contributed by atoms with Gasteiger partial charge in [0.05, 0.1) is 12.3 Å². The zero-order valence-electron chi connectivity index (χ0n) is 10.7.